The standard InChI is InChI=1S/C18H26N2O2/c1-3-5-17(21)19-10-12-20(13-11-19)18(22)9-8-16-7-4-6-15(2)14-16/h4,6-7,14H,3,5,8-13H2,1-2H3. The Bertz CT molecular complexity index is 520. The maximum Gasteiger partial charge on any atom is 0.223 e. The summed E-state index contributed by atoms with van der Waals surface area (Å²) in [6.07, 6.45) is 2.83. The summed E-state index contributed by atoms with van der Waals surface area (Å²) in [6, 6.07) is 8.31. The molecule has 2 amide bonds. The average molecular weight is 302 g/mol. The molecule has 0 unspecified atom stereocenters. The van der Waals surface area contributed by atoms with Gasteiger partial charge < -0.3 is 9.80 Å². The zero-order valence-corrected chi connectivity index (χ0v) is 13.7. The van der Waals surface area contributed by atoms with Gasteiger partial charge in [0, 0.05) is 39.0 Å². The summed E-state index contributed by atoms with van der Waals surface area (Å²) in [5.41, 5.74) is 2.44. The number of carbonyl (C=O) groups excluding carboxylic acids is 2. The molecule has 1 aliphatic rings. The number of nitrogens with zero attached hydrogens (tertiary/aromatic N) is 2. The Morgan fingerprint density at radius 1 is 1.00 bits per heavy atom. The molecule has 0 bridgehead atoms. The zero-order chi connectivity index (χ0) is 15.9. The van der Waals surface area contributed by atoms with Crippen molar-refractivity contribution >= 4 is 11.8 Å². The number of carbonyl (C=O) groups is 2. The molecule has 120 valence electrons. The van der Waals surface area contributed by atoms with Crippen molar-refractivity contribution in [3.05, 3.63) is 35.4 Å². The van der Waals surface area contributed by atoms with Crippen LogP contribution in [0.4, 0.5) is 0 Å². The summed E-state index contributed by atoms with van der Waals surface area (Å²) < 4.78 is 0. The Morgan fingerprint density at radius 3 is 2.14 bits per heavy atom. The van der Waals surface area contributed by atoms with Gasteiger partial charge in [0.15, 0.2) is 0 Å². The van der Waals surface area contributed by atoms with E-state index in [0.717, 1.165) is 12.8 Å². The molecule has 0 aliphatic carbocycles. The van der Waals surface area contributed by atoms with Gasteiger partial charge in [-0.3, -0.25) is 9.59 Å². The highest BCUT2D eigenvalue weighted by molar-refractivity contribution is 5.78. The van der Waals surface area contributed by atoms with E-state index in [4.69, 9.17) is 0 Å². The van der Waals surface area contributed by atoms with E-state index in [-0.39, 0.29) is 11.8 Å². The van der Waals surface area contributed by atoms with Crippen molar-refractivity contribution in [2.45, 2.75) is 39.5 Å². The van der Waals surface area contributed by atoms with Gasteiger partial charge in [-0.2, -0.15) is 0 Å². The Morgan fingerprint density at radius 2 is 1.59 bits per heavy atom. The topological polar surface area (TPSA) is 40.6 Å². The van der Waals surface area contributed by atoms with Crippen LogP contribution in [0.1, 0.15) is 37.3 Å². The van der Waals surface area contributed by atoms with Crippen LogP contribution in [0, 0.1) is 6.92 Å². The smallest absolute Gasteiger partial charge is 0.223 e. The van der Waals surface area contributed by atoms with E-state index in [1.807, 2.05) is 22.8 Å². The number of hydrogen-bond acceptors (Lipinski definition) is 2. The van der Waals surface area contributed by atoms with Gasteiger partial charge >= 0.3 is 0 Å². The first kappa shape index (κ1) is 16.5. The highest BCUT2D eigenvalue weighted by Crippen LogP contribution is 2.10. The molecule has 0 saturated carbocycles. The van der Waals surface area contributed by atoms with Crippen LogP contribution in [0.15, 0.2) is 24.3 Å². The van der Waals surface area contributed by atoms with E-state index >= 15 is 0 Å². The molecular weight excluding hydrogens is 276 g/mol. The third-order valence-corrected chi connectivity index (χ3v) is 4.16. The second-order valence-electron chi connectivity index (χ2n) is 6.00. The SMILES string of the molecule is CCCC(=O)N1CCN(C(=O)CCc2cccc(C)c2)CC1. The number of aryl methyl sites for hydroxylation is 2. The first-order valence-electron chi connectivity index (χ1n) is 8.21. The first-order valence-corrected chi connectivity index (χ1v) is 8.21. The fourth-order valence-corrected chi connectivity index (χ4v) is 2.85. The van der Waals surface area contributed by atoms with Crippen molar-refractivity contribution in [1.82, 2.24) is 9.80 Å². The molecule has 1 aromatic rings. The van der Waals surface area contributed by atoms with Crippen LogP contribution in [0.2, 0.25) is 0 Å². The van der Waals surface area contributed by atoms with Gasteiger partial charge in [0.25, 0.3) is 0 Å². The molecule has 1 saturated heterocycles. The third kappa shape index (κ3) is 4.58. The zero-order valence-electron chi connectivity index (χ0n) is 13.7. The predicted molar refractivity (Wildman–Crippen MR) is 87.6 cm³/mol. The number of piperazine rings is 1. The van der Waals surface area contributed by atoms with Crippen LogP contribution < -0.4 is 0 Å². The maximum atomic E-state index is 12.3. The van der Waals surface area contributed by atoms with Crippen LogP contribution in [-0.2, 0) is 16.0 Å². The van der Waals surface area contributed by atoms with Gasteiger partial charge in [-0.05, 0) is 25.3 Å². The van der Waals surface area contributed by atoms with Crippen LogP contribution in [0.5, 0.6) is 0 Å². The molecule has 0 N–H and O–H groups in total. The van der Waals surface area contributed by atoms with Crippen molar-refractivity contribution in [3.63, 3.8) is 0 Å². The molecule has 22 heavy (non-hydrogen) atoms. The molecule has 1 aliphatic heterocycles. The van der Waals surface area contributed by atoms with E-state index in [0.29, 0.717) is 39.0 Å². The highest BCUT2D eigenvalue weighted by atomic mass is 16.2. The van der Waals surface area contributed by atoms with Crippen LogP contribution in [0.25, 0.3) is 0 Å². The minimum absolute atomic E-state index is 0.198. The monoisotopic (exact) mass is 302 g/mol. The van der Waals surface area contributed by atoms with Crippen molar-refractivity contribution in [3.8, 4) is 0 Å². The maximum absolute atomic E-state index is 12.3. The summed E-state index contributed by atoms with van der Waals surface area (Å²) in [5, 5.41) is 0. The molecule has 0 aromatic heterocycles. The summed E-state index contributed by atoms with van der Waals surface area (Å²) in [6.45, 7) is 6.77. The summed E-state index contributed by atoms with van der Waals surface area (Å²) in [7, 11) is 0. The van der Waals surface area contributed by atoms with Gasteiger partial charge in [-0.15, -0.1) is 0 Å². The number of rotatable bonds is 5. The fourth-order valence-electron chi connectivity index (χ4n) is 2.85. The average Bonchev–Trinajstić information content (AvgIpc) is 2.53. The molecule has 1 heterocycles. The van der Waals surface area contributed by atoms with E-state index in [1.54, 1.807) is 0 Å². The lowest BCUT2D eigenvalue weighted by atomic mass is 10.1. The number of hydrogen-bond donors (Lipinski definition) is 0. The lowest BCUT2D eigenvalue weighted by Crippen LogP contribution is -2.50. The van der Waals surface area contributed by atoms with E-state index in [9.17, 15) is 9.59 Å². The van der Waals surface area contributed by atoms with Crippen molar-refractivity contribution in [2.24, 2.45) is 0 Å². The Hall–Kier alpha value is -1.84. The third-order valence-electron chi connectivity index (χ3n) is 4.16. The fraction of sp³-hybridized carbons (Fsp3) is 0.556. The minimum atomic E-state index is 0.198. The molecule has 0 spiro atoms. The van der Waals surface area contributed by atoms with E-state index in [2.05, 4.69) is 25.1 Å². The van der Waals surface area contributed by atoms with Crippen LogP contribution >= 0.6 is 0 Å². The molecular formula is C18H26N2O2. The van der Waals surface area contributed by atoms with Crippen LogP contribution in [0.3, 0.4) is 0 Å². The van der Waals surface area contributed by atoms with Gasteiger partial charge in [-0.1, -0.05) is 36.8 Å². The molecule has 0 atom stereocenters. The Labute approximate surface area is 133 Å². The lowest BCUT2D eigenvalue weighted by Gasteiger charge is -2.35. The lowest BCUT2D eigenvalue weighted by molar-refractivity contribution is -0.139. The normalized spacial score (nSPS) is 15.0. The van der Waals surface area contributed by atoms with Crippen molar-refractivity contribution in [2.75, 3.05) is 26.2 Å². The van der Waals surface area contributed by atoms with Gasteiger partial charge in [0.1, 0.15) is 0 Å². The first-order chi connectivity index (χ1) is 10.6. The second-order valence-corrected chi connectivity index (χ2v) is 6.00. The molecule has 1 fully saturated rings. The quantitative estimate of drug-likeness (QED) is 0.838. The second kappa shape index (κ2) is 7.97. The summed E-state index contributed by atoms with van der Waals surface area (Å²) in [4.78, 5) is 27.9. The molecule has 2 rings (SSSR count). The predicted octanol–water partition coefficient (Wildman–Crippen LogP) is 2.40. The minimum Gasteiger partial charge on any atom is -0.339 e. The number of benzene rings is 1. The van der Waals surface area contributed by atoms with Gasteiger partial charge in [0.2, 0.25) is 11.8 Å². The summed E-state index contributed by atoms with van der Waals surface area (Å²) >= 11 is 0. The number of amides is 2. The molecule has 1 aromatic carbocycles. The molecule has 0 radical (unpaired) electrons. The van der Waals surface area contributed by atoms with Gasteiger partial charge in [0.05, 0.1) is 0 Å². The molecule has 4 heteroatoms. The van der Waals surface area contributed by atoms with Crippen molar-refractivity contribution < 1.29 is 9.59 Å². The highest BCUT2D eigenvalue weighted by Gasteiger charge is 2.23. The molecule has 4 nitrogen and oxygen atoms in total. The summed E-state index contributed by atoms with van der Waals surface area (Å²) in [5.74, 6) is 0.415. The van der Waals surface area contributed by atoms with Crippen molar-refractivity contribution in [1.29, 1.82) is 0 Å². The van der Waals surface area contributed by atoms with Crippen LogP contribution in [-0.4, -0.2) is 47.8 Å². The Kier molecular flexibility index (Phi) is 5.99. The van der Waals surface area contributed by atoms with E-state index < -0.39 is 0 Å². The Balaban J connectivity index is 1.76. The largest absolute Gasteiger partial charge is 0.339 e. The van der Waals surface area contributed by atoms with E-state index in [1.165, 1.54) is 11.1 Å². The van der Waals surface area contributed by atoms with Gasteiger partial charge in [-0.25, -0.2) is 0 Å².